The van der Waals surface area contributed by atoms with E-state index >= 15 is 0 Å². The molecule has 5 nitrogen and oxygen atoms in total. The first kappa shape index (κ1) is 17.9. The lowest BCUT2D eigenvalue weighted by Gasteiger charge is -2.23. The summed E-state index contributed by atoms with van der Waals surface area (Å²) in [5.41, 5.74) is 2.30. The molecule has 120 valence electrons. The Morgan fingerprint density at radius 2 is 2.14 bits per heavy atom. The van der Waals surface area contributed by atoms with E-state index in [1.54, 1.807) is 7.11 Å². The highest BCUT2D eigenvalue weighted by atomic mass is 16.5. The van der Waals surface area contributed by atoms with Gasteiger partial charge in [-0.15, -0.1) is 0 Å². The lowest BCUT2D eigenvalue weighted by Crippen LogP contribution is -2.32. The number of aliphatic hydroxyl groups excluding tert-OH is 1. The predicted octanol–water partition coefficient (Wildman–Crippen LogP) is 1.58. The van der Waals surface area contributed by atoms with Crippen LogP contribution in [0.3, 0.4) is 0 Å². The van der Waals surface area contributed by atoms with Crippen molar-refractivity contribution in [3.05, 3.63) is 23.4 Å². The van der Waals surface area contributed by atoms with Gasteiger partial charge in [-0.3, -0.25) is 0 Å². The second-order valence-corrected chi connectivity index (χ2v) is 6.00. The van der Waals surface area contributed by atoms with Crippen molar-refractivity contribution >= 4 is 5.82 Å². The Hall–Kier alpha value is -1.17. The van der Waals surface area contributed by atoms with Crippen molar-refractivity contribution in [3.63, 3.8) is 0 Å². The first-order valence-corrected chi connectivity index (χ1v) is 7.48. The zero-order valence-corrected chi connectivity index (χ0v) is 13.9. The summed E-state index contributed by atoms with van der Waals surface area (Å²) in [7, 11) is 3.52. The van der Waals surface area contributed by atoms with Crippen molar-refractivity contribution < 1.29 is 9.84 Å². The molecule has 0 fully saturated rings. The van der Waals surface area contributed by atoms with Crippen LogP contribution in [0, 0.1) is 12.8 Å². The molecule has 0 aliphatic heterocycles. The second-order valence-electron chi connectivity index (χ2n) is 6.00. The van der Waals surface area contributed by atoms with Crippen LogP contribution in [-0.4, -0.2) is 50.0 Å². The predicted molar refractivity (Wildman–Crippen MR) is 86.7 cm³/mol. The van der Waals surface area contributed by atoms with E-state index in [0.717, 1.165) is 24.5 Å². The zero-order chi connectivity index (χ0) is 15.8. The minimum atomic E-state index is -0.506. The van der Waals surface area contributed by atoms with E-state index in [2.05, 4.69) is 30.2 Å². The van der Waals surface area contributed by atoms with Gasteiger partial charge in [-0.25, -0.2) is 4.98 Å². The fraction of sp³-hybridized carbons (Fsp3) is 0.688. The van der Waals surface area contributed by atoms with E-state index in [4.69, 9.17) is 4.74 Å². The summed E-state index contributed by atoms with van der Waals surface area (Å²) < 4.78 is 4.95. The summed E-state index contributed by atoms with van der Waals surface area (Å²) >= 11 is 0. The van der Waals surface area contributed by atoms with Gasteiger partial charge in [0.15, 0.2) is 0 Å². The number of ether oxygens (including phenoxy) is 1. The van der Waals surface area contributed by atoms with Crippen LogP contribution in [0.4, 0.5) is 5.82 Å². The maximum Gasteiger partial charge on any atom is 0.131 e. The number of nitrogens with zero attached hydrogens (tertiary/aromatic N) is 2. The molecule has 1 heterocycles. The third-order valence-electron chi connectivity index (χ3n) is 3.19. The molecule has 1 aromatic heterocycles. The number of methoxy groups -OCH3 is 1. The Kier molecular flexibility index (Phi) is 7.64. The number of pyridine rings is 1. The highest BCUT2D eigenvalue weighted by Crippen LogP contribution is 2.17. The van der Waals surface area contributed by atoms with Gasteiger partial charge >= 0.3 is 0 Å². The molecule has 0 bridgehead atoms. The number of aromatic nitrogens is 1. The average Bonchev–Trinajstić information content (AvgIpc) is 2.38. The number of aliphatic hydroxyl groups is 1. The molecular formula is C16H29N3O2. The summed E-state index contributed by atoms with van der Waals surface area (Å²) in [6.07, 6.45) is 1.39. The van der Waals surface area contributed by atoms with Crippen LogP contribution in [0.5, 0.6) is 0 Å². The van der Waals surface area contributed by atoms with Crippen LogP contribution in [0.15, 0.2) is 12.3 Å². The quantitative estimate of drug-likeness (QED) is 0.724. The Morgan fingerprint density at radius 3 is 2.71 bits per heavy atom. The van der Waals surface area contributed by atoms with E-state index in [1.165, 1.54) is 5.56 Å². The van der Waals surface area contributed by atoms with E-state index in [0.29, 0.717) is 19.1 Å². The molecule has 0 amide bonds. The molecule has 0 radical (unpaired) electrons. The molecule has 2 N–H and O–H groups in total. The van der Waals surface area contributed by atoms with Gasteiger partial charge in [-0.1, -0.05) is 13.8 Å². The number of likely N-dealkylation sites (N-methyl/N-ethyl adjacent to an activating group) is 1. The van der Waals surface area contributed by atoms with Crippen LogP contribution in [0.1, 0.15) is 25.0 Å². The molecular weight excluding hydrogens is 266 g/mol. The monoisotopic (exact) mass is 295 g/mol. The van der Waals surface area contributed by atoms with E-state index in [-0.39, 0.29) is 0 Å². The highest BCUT2D eigenvalue weighted by molar-refractivity contribution is 5.46. The van der Waals surface area contributed by atoms with Crippen LogP contribution in [0.2, 0.25) is 0 Å². The number of hydrogen-bond acceptors (Lipinski definition) is 5. The minimum absolute atomic E-state index is 0.334. The van der Waals surface area contributed by atoms with Crippen LogP contribution >= 0.6 is 0 Å². The maximum atomic E-state index is 9.79. The fourth-order valence-electron chi connectivity index (χ4n) is 2.27. The normalized spacial score (nSPS) is 12.7. The number of nitrogens with one attached hydrogen (secondary N) is 1. The molecule has 5 heteroatoms. The van der Waals surface area contributed by atoms with Gasteiger partial charge in [0, 0.05) is 33.4 Å². The van der Waals surface area contributed by atoms with E-state index in [9.17, 15) is 5.11 Å². The summed E-state index contributed by atoms with van der Waals surface area (Å²) in [6.45, 7) is 9.12. The molecule has 21 heavy (non-hydrogen) atoms. The van der Waals surface area contributed by atoms with Gasteiger partial charge in [-0.2, -0.15) is 0 Å². The molecule has 0 aliphatic carbocycles. The molecule has 1 aromatic rings. The lowest BCUT2D eigenvalue weighted by atomic mass is 10.1. The summed E-state index contributed by atoms with van der Waals surface area (Å²) in [5.74, 6) is 1.55. The van der Waals surface area contributed by atoms with Crippen LogP contribution in [-0.2, 0) is 11.3 Å². The zero-order valence-electron chi connectivity index (χ0n) is 13.9. The number of aryl methyl sites for hydroxylation is 1. The smallest absolute Gasteiger partial charge is 0.131 e. The van der Waals surface area contributed by atoms with Crippen molar-refractivity contribution in [1.82, 2.24) is 10.3 Å². The Morgan fingerprint density at radius 1 is 1.43 bits per heavy atom. The summed E-state index contributed by atoms with van der Waals surface area (Å²) in [4.78, 5) is 6.49. The maximum absolute atomic E-state index is 9.79. The van der Waals surface area contributed by atoms with Crippen molar-refractivity contribution in [1.29, 1.82) is 0 Å². The van der Waals surface area contributed by atoms with Crippen molar-refractivity contribution in [3.8, 4) is 0 Å². The van der Waals surface area contributed by atoms with Gasteiger partial charge in [0.2, 0.25) is 0 Å². The van der Waals surface area contributed by atoms with Gasteiger partial charge < -0.3 is 20.1 Å². The topological polar surface area (TPSA) is 57.6 Å². The largest absolute Gasteiger partial charge is 0.389 e. The van der Waals surface area contributed by atoms with Crippen LogP contribution in [0.25, 0.3) is 0 Å². The molecule has 0 saturated carbocycles. The molecule has 1 rings (SSSR count). The SMILES string of the molecule is COCC(O)CN(C)c1ncc(CNCC(C)C)cc1C. The third kappa shape index (κ3) is 6.42. The molecule has 0 aliphatic rings. The van der Waals surface area contributed by atoms with E-state index < -0.39 is 6.10 Å². The second kappa shape index (κ2) is 8.97. The first-order valence-electron chi connectivity index (χ1n) is 7.48. The number of rotatable bonds is 9. The van der Waals surface area contributed by atoms with Gasteiger partial charge in [0.1, 0.15) is 5.82 Å². The van der Waals surface area contributed by atoms with Gasteiger partial charge in [-0.05, 0) is 36.6 Å². The Labute approximate surface area is 128 Å². The summed E-state index contributed by atoms with van der Waals surface area (Å²) in [5, 5.41) is 13.2. The average molecular weight is 295 g/mol. The molecule has 1 unspecified atom stereocenters. The molecule has 1 atom stereocenters. The highest BCUT2D eigenvalue weighted by Gasteiger charge is 2.12. The number of hydrogen-bond donors (Lipinski definition) is 2. The van der Waals surface area contributed by atoms with Crippen molar-refractivity contribution in [2.24, 2.45) is 5.92 Å². The van der Waals surface area contributed by atoms with Crippen LogP contribution < -0.4 is 10.2 Å². The van der Waals surface area contributed by atoms with Gasteiger partial charge in [0.05, 0.1) is 12.7 Å². The van der Waals surface area contributed by atoms with Crippen molar-refractivity contribution in [2.75, 3.05) is 38.8 Å². The first-order chi connectivity index (χ1) is 9.93. The fourth-order valence-corrected chi connectivity index (χ4v) is 2.27. The molecule has 0 saturated heterocycles. The molecule has 0 spiro atoms. The standard InChI is InChI=1S/C16H29N3O2/c1-12(2)7-17-8-14-6-13(3)16(18-9-14)19(4)10-15(20)11-21-5/h6,9,12,15,17,20H,7-8,10-11H2,1-5H3. The number of anilines is 1. The molecule has 0 aromatic carbocycles. The van der Waals surface area contributed by atoms with E-state index in [1.807, 2.05) is 25.1 Å². The Balaban J connectivity index is 2.60. The lowest BCUT2D eigenvalue weighted by molar-refractivity contribution is 0.0694. The van der Waals surface area contributed by atoms with Crippen molar-refractivity contribution in [2.45, 2.75) is 33.4 Å². The Bertz CT molecular complexity index is 424. The summed E-state index contributed by atoms with van der Waals surface area (Å²) in [6, 6.07) is 2.15. The minimum Gasteiger partial charge on any atom is -0.389 e. The third-order valence-corrected chi connectivity index (χ3v) is 3.19. The van der Waals surface area contributed by atoms with Gasteiger partial charge in [0.25, 0.3) is 0 Å².